The Morgan fingerprint density at radius 3 is 2.38 bits per heavy atom. The molecule has 6 rings (SSSR count). The predicted octanol–water partition coefficient (Wildman–Crippen LogP) is 9.25. The summed E-state index contributed by atoms with van der Waals surface area (Å²) >= 11 is 0. The molecule has 217 valence electrons. The van der Waals surface area contributed by atoms with Gasteiger partial charge in [0.15, 0.2) is 0 Å². The Morgan fingerprint density at radius 1 is 0.929 bits per heavy atom. The van der Waals surface area contributed by atoms with Crippen molar-refractivity contribution < 1.29 is 38.8 Å². The van der Waals surface area contributed by atoms with Crippen LogP contribution in [0.25, 0.3) is 44.5 Å². The van der Waals surface area contributed by atoms with E-state index in [1.807, 2.05) is 12.3 Å². The zero-order chi connectivity index (χ0) is 32.7. The Kier molecular flexibility index (Phi) is 7.95. The van der Waals surface area contributed by atoms with E-state index in [1.165, 1.54) is 35.5 Å². The zero-order valence-electron chi connectivity index (χ0n) is 27.9. The van der Waals surface area contributed by atoms with E-state index in [0.717, 1.165) is 16.8 Å². The predicted molar refractivity (Wildman–Crippen MR) is 166 cm³/mol. The van der Waals surface area contributed by atoms with Gasteiger partial charge in [0.05, 0.1) is 13.7 Å². The summed E-state index contributed by atoms with van der Waals surface area (Å²) in [5.74, 6) is -1.73. The van der Waals surface area contributed by atoms with Crippen LogP contribution < -0.4 is 5.19 Å². The summed E-state index contributed by atoms with van der Waals surface area (Å²) in [4.78, 5) is 8.79. The second kappa shape index (κ2) is 12.8. The number of pyridine rings is 2. The molecule has 0 atom stereocenters. The van der Waals surface area contributed by atoms with Gasteiger partial charge in [0.25, 0.3) is 0 Å². The molecule has 0 aliphatic heterocycles. The third-order valence-electron chi connectivity index (χ3n) is 6.77. The molecular weight excluding hydrogens is 723 g/mol. The molecular formula is C35H32F2IrN2OSi-2. The summed E-state index contributed by atoms with van der Waals surface area (Å²) in [6.45, 7) is 8.31. The molecule has 0 amide bonds. The normalized spacial score (nSPS) is 13.3. The monoisotopic (exact) mass is 759 g/mol. The van der Waals surface area contributed by atoms with Gasteiger partial charge in [0, 0.05) is 55.3 Å². The van der Waals surface area contributed by atoms with Gasteiger partial charge in [-0.25, -0.2) is 4.39 Å². The number of rotatable bonds is 4. The van der Waals surface area contributed by atoms with Gasteiger partial charge in [-0.15, -0.1) is 47.5 Å². The van der Waals surface area contributed by atoms with Crippen molar-refractivity contribution in [2.75, 3.05) is 0 Å². The fourth-order valence-electron chi connectivity index (χ4n) is 4.41. The van der Waals surface area contributed by atoms with Crippen LogP contribution in [0, 0.1) is 30.6 Å². The molecule has 0 aliphatic carbocycles. The summed E-state index contributed by atoms with van der Waals surface area (Å²) in [6, 6.07) is 23.6. The Balaban J connectivity index is 0.000000210. The largest absolute Gasteiger partial charge is 0.500 e. The molecule has 3 aromatic heterocycles. The number of nitrogens with zero attached hydrogens (tertiary/aromatic N) is 2. The molecule has 3 heterocycles. The van der Waals surface area contributed by atoms with Crippen molar-refractivity contribution in [2.45, 2.75) is 46.2 Å². The summed E-state index contributed by atoms with van der Waals surface area (Å²) in [5, 5.41) is 2.09. The number of hydrogen-bond acceptors (Lipinski definition) is 3. The Morgan fingerprint density at radius 2 is 1.74 bits per heavy atom. The molecule has 0 fully saturated rings. The van der Waals surface area contributed by atoms with E-state index in [-0.39, 0.29) is 36.7 Å². The van der Waals surface area contributed by atoms with Crippen molar-refractivity contribution in [3.63, 3.8) is 0 Å². The fourth-order valence-corrected chi connectivity index (χ4v) is 5.44. The van der Waals surface area contributed by atoms with Gasteiger partial charge in [-0.2, -0.15) is 0 Å². The van der Waals surface area contributed by atoms with Gasteiger partial charge in [0.1, 0.15) is 11.4 Å². The average Bonchev–Trinajstić information content (AvgIpc) is 3.36. The molecule has 0 saturated carbocycles. The zero-order valence-corrected chi connectivity index (χ0v) is 27.3. The Hall–Kier alpha value is -3.51. The summed E-state index contributed by atoms with van der Waals surface area (Å²) < 4.78 is 63.8. The summed E-state index contributed by atoms with van der Waals surface area (Å²) in [6.07, 6.45) is 3.53. The number of aromatic nitrogens is 2. The Bertz CT molecular complexity index is 1930. The van der Waals surface area contributed by atoms with Crippen molar-refractivity contribution in [1.29, 1.82) is 0 Å². The number of benzene rings is 3. The maximum atomic E-state index is 14.4. The van der Waals surface area contributed by atoms with Gasteiger partial charge in [-0.1, -0.05) is 69.7 Å². The van der Waals surface area contributed by atoms with Crippen LogP contribution in [0.5, 0.6) is 0 Å². The standard InChI is InChI=1S/C20H14F2NO.C15H18NSi.Ir/c1-11(2)12-7-8-23-17(9-12)14-5-6-16(22)19-15-4-3-13(21)10-18(15)24-20(14)19;1-12-5-7-13(8-6-12)15-10-9-14(11-16-15)17(2,3)4;/h3-4,6-11H,1-2H3;5-7,9-11H,1-4H3;/q2*-1;/i11D;1D3;. The van der Waals surface area contributed by atoms with E-state index >= 15 is 0 Å². The van der Waals surface area contributed by atoms with E-state index in [9.17, 15) is 8.78 Å². The molecule has 0 N–H and O–H groups in total. The fraction of sp³-hybridized carbons (Fsp3) is 0.200. The number of fused-ring (bicyclic) bond motifs is 3. The topological polar surface area (TPSA) is 38.9 Å². The summed E-state index contributed by atoms with van der Waals surface area (Å²) in [5.41, 5.74) is 4.27. The molecule has 0 bridgehead atoms. The molecule has 6 aromatic rings. The van der Waals surface area contributed by atoms with E-state index in [1.54, 1.807) is 44.3 Å². The molecule has 7 heteroatoms. The van der Waals surface area contributed by atoms with Crippen LogP contribution in [-0.4, -0.2) is 18.0 Å². The van der Waals surface area contributed by atoms with Crippen LogP contribution >= 0.6 is 0 Å². The quantitative estimate of drug-likeness (QED) is 0.133. The molecule has 0 aliphatic rings. The van der Waals surface area contributed by atoms with Crippen LogP contribution in [0.2, 0.25) is 19.6 Å². The minimum Gasteiger partial charge on any atom is -0.500 e. The van der Waals surface area contributed by atoms with Gasteiger partial charge in [0.2, 0.25) is 0 Å². The average molecular weight is 759 g/mol. The first kappa shape index (κ1) is 26.1. The van der Waals surface area contributed by atoms with E-state index in [4.69, 9.17) is 9.90 Å². The SMILES string of the molecule is [2H]C(C)(C)c1ccnc(-c2[c-]cc(F)c3c2oc2cc(F)ccc23)c1.[2H]C([2H])([2H])c1c[c-]c(-c2ccc([Si](C)(C)C)cn2)cc1.[Ir]. The van der Waals surface area contributed by atoms with Crippen LogP contribution in [0.3, 0.4) is 0 Å². The first-order valence-corrected chi connectivity index (χ1v) is 16.7. The van der Waals surface area contributed by atoms with Crippen LogP contribution in [0.15, 0.2) is 83.5 Å². The second-order valence-corrected chi connectivity index (χ2v) is 16.1. The smallest absolute Gasteiger partial charge is 0.126 e. The van der Waals surface area contributed by atoms with E-state index in [0.29, 0.717) is 22.2 Å². The van der Waals surface area contributed by atoms with Crippen LogP contribution in [0.1, 0.15) is 36.4 Å². The molecule has 0 unspecified atom stereocenters. The third kappa shape index (κ3) is 6.75. The van der Waals surface area contributed by atoms with Crippen molar-refractivity contribution >= 4 is 35.2 Å². The first-order valence-electron chi connectivity index (χ1n) is 15.2. The molecule has 1 radical (unpaired) electrons. The second-order valence-electron chi connectivity index (χ2n) is 11.1. The minimum atomic E-state index is -2.08. The molecule has 3 aromatic carbocycles. The Labute approximate surface area is 266 Å². The minimum absolute atomic E-state index is 0. The first-order chi connectivity index (χ1) is 21.0. The van der Waals surface area contributed by atoms with E-state index in [2.05, 4.69) is 47.8 Å². The molecule has 0 spiro atoms. The van der Waals surface area contributed by atoms with Crippen molar-refractivity contribution in [2.24, 2.45) is 0 Å². The maximum Gasteiger partial charge on any atom is 0.126 e. The molecule has 3 nitrogen and oxygen atoms in total. The van der Waals surface area contributed by atoms with Crippen LogP contribution in [-0.2, 0) is 20.1 Å². The number of furan rings is 1. The van der Waals surface area contributed by atoms with E-state index < -0.39 is 32.5 Å². The van der Waals surface area contributed by atoms with Crippen molar-refractivity contribution in [3.05, 3.63) is 114 Å². The maximum absolute atomic E-state index is 14.4. The van der Waals surface area contributed by atoms with Gasteiger partial charge < -0.3 is 14.4 Å². The van der Waals surface area contributed by atoms with Gasteiger partial charge in [-0.3, -0.25) is 4.39 Å². The number of aryl methyl sites for hydroxylation is 1. The third-order valence-corrected chi connectivity index (χ3v) is 8.80. The van der Waals surface area contributed by atoms with Crippen molar-refractivity contribution in [1.82, 2.24) is 9.97 Å². The number of halogens is 2. The molecule has 0 saturated heterocycles. The number of hydrogen-bond donors (Lipinski definition) is 0. The summed E-state index contributed by atoms with van der Waals surface area (Å²) in [7, 11) is -1.34. The molecule has 42 heavy (non-hydrogen) atoms. The van der Waals surface area contributed by atoms with Crippen molar-refractivity contribution in [3.8, 4) is 22.5 Å². The van der Waals surface area contributed by atoms with Crippen LogP contribution in [0.4, 0.5) is 8.78 Å². The van der Waals surface area contributed by atoms with Gasteiger partial charge in [-0.05, 0) is 46.1 Å². The van der Waals surface area contributed by atoms with Gasteiger partial charge >= 0.3 is 0 Å².